The maximum atomic E-state index is 13.5. The van der Waals surface area contributed by atoms with Crippen molar-refractivity contribution in [1.29, 1.82) is 0 Å². The number of hydrogen-bond acceptors (Lipinski definition) is 3. The Labute approximate surface area is 128 Å². The van der Waals surface area contributed by atoms with Crippen molar-refractivity contribution in [2.24, 2.45) is 0 Å². The number of nitrogens with one attached hydrogen (secondary N) is 1. The lowest BCUT2D eigenvalue weighted by Crippen LogP contribution is -2.28. The monoisotopic (exact) mass is 320 g/mol. The van der Waals surface area contributed by atoms with Crippen LogP contribution in [-0.4, -0.2) is 27.4 Å². The molecule has 0 spiro atoms. The zero-order valence-corrected chi connectivity index (χ0v) is 11.8. The van der Waals surface area contributed by atoms with Crippen molar-refractivity contribution in [1.82, 2.24) is 20.3 Å². The van der Waals surface area contributed by atoms with Crippen molar-refractivity contribution in [3.05, 3.63) is 59.4 Å². The van der Waals surface area contributed by atoms with Crippen molar-refractivity contribution in [2.45, 2.75) is 6.54 Å². The summed E-state index contributed by atoms with van der Waals surface area (Å²) in [5.41, 5.74) is 0.957. The Hall–Kier alpha value is -2.90. The Morgan fingerprint density at radius 2 is 1.87 bits per heavy atom. The van der Waals surface area contributed by atoms with E-state index in [9.17, 15) is 18.0 Å². The van der Waals surface area contributed by atoms with E-state index < -0.39 is 28.9 Å². The van der Waals surface area contributed by atoms with Gasteiger partial charge in [0.15, 0.2) is 17.5 Å². The van der Waals surface area contributed by atoms with Crippen LogP contribution in [0.1, 0.15) is 10.4 Å². The number of nitrogens with zero attached hydrogens (tertiary/aromatic N) is 3. The first-order valence-electron chi connectivity index (χ1n) is 6.78. The largest absolute Gasteiger partial charge is 0.350 e. The molecule has 0 aliphatic heterocycles. The highest BCUT2D eigenvalue weighted by molar-refractivity contribution is 5.94. The van der Waals surface area contributed by atoms with Gasteiger partial charge in [0.05, 0.1) is 17.6 Å². The van der Waals surface area contributed by atoms with E-state index in [0.717, 1.165) is 11.6 Å². The molecule has 1 N–H and O–H groups in total. The minimum absolute atomic E-state index is 0.130. The molecular formula is C15H11F3N4O. The van der Waals surface area contributed by atoms with Crippen LogP contribution in [0, 0.1) is 17.5 Å². The molecule has 23 heavy (non-hydrogen) atoms. The highest BCUT2D eigenvalue weighted by Crippen LogP contribution is 2.15. The fourth-order valence-corrected chi connectivity index (χ4v) is 2.15. The Bertz CT molecular complexity index is 878. The first-order valence-corrected chi connectivity index (χ1v) is 6.78. The average Bonchev–Trinajstić information content (AvgIpc) is 2.96. The van der Waals surface area contributed by atoms with Crippen LogP contribution in [0.5, 0.6) is 0 Å². The van der Waals surface area contributed by atoms with Gasteiger partial charge in [-0.15, -0.1) is 5.10 Å². The van der Waals surface area contributed by atoms with E-state index in [1.807, 2.05) is 18.2 Å². The second-order valence-corrected chi connectivity index (χ2v) is 4.78. The number of halogens is 3. The summed E-state index contributed by atoms with van der Waals surface area (Å²) in [6, 6.07) is 8.89. The highest BCUT2D eigenvalue weighted by Gasteiger charge is 2.18. The molecule has 3 rings (SSSR count). The molecule has 0 unspecified atom stereocenters. The summed E-state index contributed by atoms with van der Waals surface area (Å²) in [4.78, 5) is 11.8. The molecule has 3 aromatic rings. The Kier molecular flexibility index (Phi) is 3.96. The van der Waals surface area contributed by atoms with Crippen molar-refractivity contribution < 1.29 is 18.0 Å². The second kappa shape index (κ2) is 6.07. The molecular weight excluding hydrogens is 309 g/mol. The lowest BCUT2D eigenvalue weighted by atomic mass is 10.2. The van der Waals surface area contributed by atoms with Crippen LogP contribution in [0.4, 0.5) is 13.2 Å². The fraction of sp³-hybridized carbons (Fsp3) is 0.133. The number of para-hydroxylation sites is 1. The molecule has 1 heterocycles. The molecule has 0 bridgehead atoms. The summed E-state index contributed by atoms with van der Waals surface area (Å²) in [6.45, 7) is 0.433. The third-order valence-electron chi connectivity index (χ3n) is 3.31. The van der Waals surface area contributed by atoms with Crippen LogP contribution in [0.15, 0.2) is 36.4 Å². The first-order chi connectivity index (χ1) is 11.1. The van der Waals surface area contributed by atoms with Crippen molar-refractivity contribution >= 4 is 16.9 Å². The van der Waals surface area contributed by atoms with Crippen LogP contribution >= 0.6 is 0 Å². The predicted molar refractivity (Wildman–Crippen MR) is 76.2 cm³/mol. The van der Waals surface area contributed by atoms with Gasteiger partial charge in [-0.3, -0.25) is 4.79 Å². The number of hydrogen-bond donors (Lipinski definition) is 1. The zero-order valence-electron chi connectivity index (χ0n) is 11.8. The van der Waals surface area contributed by atoms with Gasteiger partial charge in [0.2, 0.25) is 0 Å². The SMILES string of the molecule is O=C(NCCn1nnc2ccccc21)c1ccc(F)c(F)c1F. The van der Waals surface area contributed by atoms with E-state index in [1.165, 1.54) is 0 Å². The summed E-state index contributed by atoms with van der Waals surface area (Å²) in [6.07, 6.45) is 0. The minimum atomic E-state index is -1.67. The topological polar surface area (TPSA) is 59.8 Å². The van der Waals surface area contributed by atoms with E-state index in [-0.39, 0.29) is 6.54 Å². The second-order valence-electron chi connectivity index (χ2n) is 4.78. The molecule has 0 aliphatic carbocycles. The van der Waals surface area contributed by atoms with Gasteiger partial charge < -0.3 is 5.32 Å². The molecule has 8 heteroatoms. The zero-order chi connectivity index (χ0) is 16.4. The number of carbonyl (C=O) groups is 1. The van der Waals surface area contributed by atoms with E-state index in [1.54, 1.807) is 10.7 Å². The van der Waals surface area contributed by atoms with Gasteiger partial charge in [0.25, 0.3) is 5.91 Å². The lowest BCUT2D eigenvalue weighted by Gasteiger charge is -2.07. The molecule has 0 radical (unpaired) electrons. The van der Waals surface area contributed by atoms with Gasteiger partial charge in [-0.05, 0) is 24.3 Å². The van der Waals surface area contributed by atoms with E-state index in [4.69, 9.17) is 0 Å². The molecule has 5 nitrogen and oxygen atoms in total. The molecule has 1 amide bonds. The predicted octanol–water partition coefficient (Wildman–Crippen LogP) is 2.28. The Balaban J connectivity index is 1.67. The van der Waals surface area contributed by atoms with Gasteiger partial charge in [-0.1, -0.05) is 17.3 Å². The number of aromatic nitrogens is 3. The van der Waals surface area contributed by atoms with Crippen molar-refractivity contribution in [3.63, 3.8) is 0 Å². The number of carbonyl (C=O) groups excluding carboxylic acids is 1. The highest BCUT2D eigenvalue weighted by atomic mass is 19.2. The third kappa shape index (κ3) is 2.87. The van der Waals surface area contributed by atoms with E-state index >= 15 is 0 Å². The van der Waals surface area contributed by atoms with Gasteiger partial charge in [0.1, 0.15) is 5.52 Å². The standard InChI is InChI=1S/C15H11F3N4O/c16-10-6-5-9(13(17)14(10)18)15(23)19-7-8-22-12-4-2-1-3-11(12)20-21-22/h1-6H,7-8H2,(H,19,23). The molecule has 2 aromatic carbocycles. The van der Waals surface area contributed by atoms with Crippen LogP contribution in [0.25, 0.3) is 11.0 Å². The Morgan fingerprint density at radius 3 is 2.70 bits per heavy atom. The van der Waals surface area contributed by atoms with Gasteiger partial charge in [-0.25, -0.2) is 17.9 Å². The van der Waals surface area contributed by atoms with Gasteiger partial charge in [-0.2, -0.15) is 0 Å². The van der Waals surface area contributed by atoms with Gasteiger partial charge in [0, 0.05) is 6.54 Å². The molecule has 0 fully saturated rings. The number of benzene rings is 2. The fourth-order valence-electron chi connectivity index (χ4n) is 2.15. The lowest BCUT2D eigenvalue weighted by molar-refractivity contribution is 0.0946. The molecule has 118 valence electrons. The third-order valence-corrected chi connectivity index (χ3v) is 3.31. The van der Waals surface area contributed by atoms with Crippen molar-refractivity contribution in [3.8, 4) is 0 Å². The summed E-state index contributed by atoms with van der Waals surface area (Å²) in [5, 5.41) is 10.3. The summed E-state index contributed by atoms with van der Waals surface area (Å²) < 4.78 is 41.1. The van der Waals surface area contributed by atoms with Gasteiger partial charge >= 0.3 is 0 Å². The smallest absolute Gasteiger partial charge is 0.254 e. The quantitative estimate of drug-likeness (QED) is 0.750. The molecule has 1 aromatic heterocycles. The van der Waals surface area contributed by atoms with Crippen LogP contribution in [0.3, 0.4) is 0 Å². The Morgan fingerprint density at radius 1 is 1.09 bits per heavy atom. The average molecular weight is 320 g/mol. The minimum Gasteiger partial charge on any atom is -0.350 e. The molecule has 0 aliphatic rings. The number of fused-ring (bicyclic) bond motifs is 1. The summed E-state index contributed by atoms with van der Waals surface area (Å²) in [5.74, 6) is -5.34. The number of amides is 1. The maximum Gasteiger partial charge on any atom is 0.254 e. The summed E-state index contributed by atoms with van der Waals surface area (Å²) in [7, 11) is 0. The molecule has 0 atom stereocenters. The first kappa shape index (κ1) is 15.0. The maximum absolute atomic E-state index is 13.5. The van der Waals surface area contributed by atoms with Crippen LogP contribution in [-0.2, 0) is 6.54 Å². The van der Waals surface area contributed by atoms with E-state index in [0.29, 0.717) is 18.1 Å². The molecule has 0 saturated heterocycles. The number of rotatable bonds is 4. The molecule has 0 saturated carbocycles. The van der Waals surface area contributed by atoms with Crippen LogP contribution < -0.4 is 5.32 Å². The summed E-state index contributed by atoms with van der Waals surface area (Å²) >= 11 is 0. The van der Waals surface area contributed by atoms with Crippen LogP contribution in [0.2, 0.25) is 0 Å². The normalized spacial score (nSPS) is 10.9. The van der Waals surface area contributed by atoms with E-state index in [2.05, 4.69) is 15.6 Å². The van der Waals surface area contributed by atoms with Crippen molar-refractivity contribution in [2.75, 3.05) is 6.54 Å².